The van der Waals surface area contributed by atoms with E-state index in [9.17, 15) is 13.6 Å². The van der Waals surface area contributed by atoms with Crippen molar-refractivity contribution in [1.82, 2.24) is 15.2 Å². The van der Waals surface area contributed by atoms with Gasteiger partial charge < -0.3 is 20.7 Å². The van der Waals surface area contributed by atoms with E-state index >= 15 is 0 Å². The number of carbonyl (C=O) groups is 1. The number of rotatable bonds is 8. The first-order valence-electron chi connectivity index (χ1n) is 11.1. The molecule has 0 spiro atoms. The number of nitrogen functional groups attached to an aromatic ring is 1. The Bertz CT molecular complexity index is 1170. The number of likely N-dealkylation sites (tertiary alicyclic amines) is 1. The van der Waals surface area contributed by atoms with Crippen LogP contribution in [-0.4, -0.2) is 42.0 Å². The van der Waals surface area contributed by atoms with Crippen LogP contribution in [0, 0.1) is 11.6 Å². The second-order valence-corrected chi connectivity index (χ2v) is 8.50. The predicted octanol–water partition coefficient (Wildman–Crippen LogP) is 5.27. The Labute approximate surface area is 201 Å². The zero-order valence-electron chi connectivity index (χ0n) is 18.5. The van der Waals surface area contributed by atoms with Gasteiger partial charge in [-0.15, -0.1) is 0 Å². The van der Waals surface area contributed by atoms with Crippen LogP contribution in [0.1, 0.15) is 29.6 Å². The lowest BCUT2D eigenvalue weighted by atomic mass is 10.0. The highest BCUT2D eigenvalue weighted by molar-refractivity contribution is 6.32. The highest BCUT2D eigenvalue weighted by atomic mass is 35.5. The summed E-state index contributed by atoms with van der Waals surface area (Å²) in [6, 6.07) is 10.3. The molecule has 1 aromatic heterocycles. The number of pyridine rings is 1. The smallest absolute Gasteiger partial charge is 0.251 e. The fraction of sp³-hybridized carbons (Fsp3) is 0.280. The molecule has 6 nitrogen and oxygen atoms in total. The molecule has 0 saturated carbocycles. The Hall–Kier alpha value is -3.23. The molecule has 0 unspecified atom stereocenters. The summed E-state index contributed by atoms with van der Waals surface area (Å²) in [5.74, 6) is -2.22. The number of amides is 1. The number of carbonyl (C=O) groups excluding carboxylic acids is 1. The van der Waals surface area contributed by atoms with E-state index < -0.39 is 22.4 Å². The molecular weight excluding hydrogens is 462 g/mol. The minimum Gasteiger partial charge on any atom is -0.449 e. The first-order valence-corrected chi connectivity index (χ1v) is 11.5. The van der Waals surface area contributed by atoms with E-state index in [1.165, 1.54) is 19.0 Å². The van der Waals surface area contributed by atoms with E-state index in [-0.39, 0.29) is 17.5 Å². The molecule has 1 saturated heterocycles. The van der Waals surface area contributed by atoms with Crippen molar-refractivity contribution in [2.75, 3.05) is 31.9 Å². The van der Waals surface area contributed by atoms with E-state index in [0.717, 1.165) is 43.8 Å². The number of aromatic nitrogens is 1. The van der Waals surface area contributed by atoms with Gasteiger partial charge in [0.05, 0.1) is 0 Å². The number of ether oxygens (including phenoxy) is 1. The van der Waals surface area contributed by atoms with Crippen molar-refractivity contribution in [2.24, 2.45) is 0 Å². The SMILES string of the molecule is Nc1ncc(-c2ccc(C(=O)NCCCN3CCCC3)cc2)cc1Oc1c(F)ccc(F)c1Cl. The Morgan fingerprint density at radius 1 is 1.09 bits per heavy atom. The average Bonchev–Trinajstić information content (AvgIpc) is 3.37. The second-order valence-electron chi connectivity index (χ2n) is 8.12. The van der Waals surface area contributed by atoms with Gasteiger partial charge >= 0.3 is 0 Å². The van der Waals surface area contributed by atoms with Gasteiger partial charge in [-0.05, 0) is 74.8 Å². The van der Waals surface area contributed by atoms with Gasteiger partial charge in [-0.3, -0.25) is 4.79 Å². The lowest BCUT2D eigenvalue weighted by Gasteiger charge is -2.14. The summed E-state index contributed by atoms with van der Waals surface area (Å²) in [5, 5.41) is 2.46. The normalized spacial score (nSPS) is 13.7. The molecule has 1 fully saturated rings. The van der Waals surface area contributed by atoms with Crippen LogP contribution >= 0.6 is 11.6 Å². The van der Waals surface area contributed by atoms with Crippen molar-refractivity contribution in [3.63, 3.8) is 0 Å². The number of nitrogens with two attached hydrogens (primary N) is 1. The van der Waals surface area contributed by atoms with Crippen molar-refractivity contribution in [2.45, 2.75) is 19.3 Å². The molecule has 34 heavy (non-hydrogen) atoms. The minimum absolute atomic E-state index is 0.00611. The maximum absolute atomic E-state index is 14.1. The number of nitrogens with zero attached hydrogens (tertiary/aromatic N) is 2. The van der Waals surface area contributed by atoms with Crippen molar-refractivity contribution in [3.05, 3.63) is 70.9 Å². The third-order valence-corrected chi connectivity index (χ3v) is 6.06. The Morgan fingerprint density at radius 3 is 2.53 bits per heavy atom. The number of nitrogens with one attached hydrogen (secondary N) is 1. The quantitative estimate of drug-likeness (QED) is 0.335. The molecule has 4 rings (SSSR count). The Morgan fingerprint density at radius 2 is 1.79 bits per heavy atom. The van der Waals surface area contributed by atoms with E-state index in [2.05, 4.69) is 15.2 Å². The van der Waals surface area contributed by atoms with E-state index in [0.29, 0.717) is 17.7 Å². The monoisotopic (exact) mass is 486 g/mol. The minimum atomic E-state index is -0.827. The largest absolute Gasteiger partial charge is 0.449 e. The number of benzene rings is 2. The van der Waals surface area contributed by atoms with Crippen LogP contribution < -0.4 is 15.8 Å². The fourth-order valence-electron chi connectivity index (χ4n) is 3.83. The van der Waals surface area contributed by atoms with Crippen LogP contribution in [0.4, 0.5) is 14.6 Å². The maximum atomic E-state index is 14.1. The van der Waals surface area contributed by atoms with Crippen LogP contribution in [0.3, 0.4) is 0 Å². The van der Waals surface area contributed by atoms with Gasteiger partial charge in [0.2, 0.25) is 0 Å². The molecule has 0 atom stereocenters. The number of hydrogen-bond acceptors (Lipinski definition) is 5. The Balaban J connectivity index is 1.41. The van der Waals surface area contributed by atoms with Gasteiger partial charge in [-0.2, -0.15) is 0 Å². The van der Waals surface area contributed by atoms with Gasteiger partial charge in [-0.25, -0.2) is 13.8 Å². The summed E-state index contributed by atoms with van der Waals surface area (Å²) < 4.78 is 33.3. The van der Waals surface area contributed by atoms with Gasteiger partial charge in [0.1, 0.15) is 10.8 Å². The lowest BCUT2D eigenvalue weighted by Crippen LogP contribution is -2.28. The molecule has 0 bridgehead atoms. The van der Waals surface area contributed by atoms with Gasteiger partial charge in [-0.1, -0.05) is 23.7 Å². The third kappa shape index (κ3) is 5.63. The molecule has 2 heterocycles. The summed E-state index contributed by atoms with van der Waals surface area (Å²) >= 11 is 5.84. The van der Waals surface area contributed by atoms with Crippen LogP contribution in [-0.2, 0) is 0 Å². The standard InChI is InChI=1S/C25H25ClF2N4O2/c26-22-19(27)8-9-20(28)23(22)34-21-14-18(15-31-24(21)29)16-4-6-17(7-5-16)25(33)30-10-3-13-32-11-1-2-12-32/h4-9,14-15H,1-3,10-13H2,(H2,29,31)(H,30,33). The van der Waals surface area contributed by atoms with Crippen molar-refractivity contribution >= 4 is 23.3 Å². The molecular formula is C25H25ClF2N4O2. The zero-order chi connectivity index (χ0) is 24.1. The van der Waals surface area contributed by atoms with Crippen LogP contribution in [0.15, 0.2) is 48.7 Å². The molecule has 0 aliphatic carbocycles. The average molecular weight is 487 g/mol. The summed E-state index contributed by atoms with van der Waals surface area (Å²) in [6.45, 7) is 3.91. The highest BCUT2D eigenvalue weighted by Crippen LogP contribution is 2.37. The first-order chi connectivity index (χ1) is 16.4. The highest BCUT2D eigenvalue weighted by Gasteiger charge is 2.17. The van der Waals surface area contributed by atoms with Crippen molar-refractivity contribution in [1.29, 1.82) is 0 Å². The van der Waals surface area contributed by atoms with E-state index in [1.807, 2.05) is 0 Å². The predicted molar refractivity (Wildman–Crippen MR) is 128 cm³/mol. The van der Waals surface area contributed by atoms with E-state index in [4.69, 9.17) is 22.1 Å². The molecule has 9 heteroatoms. The Kier molecular flexibility index (Phi) is 7.59. The zero-order valence-corrected chi connectivity index (χ0v) is 19.2. The molecule has 2 aromatic carbocycles. The number of halogens is 3. The molecule has 1 aliphatic rings. The third-order valence-electron chi connectivity index (χ3n) is 5.71. The van der Waals surface area contributed by atoms with Crippen molar-refractivity contribution in [3.8, 4) is 22.6 Å². The summed E-state index contributed by atoms with van der Waals surface area (Å²) in [6.07, 6.45) is 4.95. The molecule has 0 radical (unpaired) electrons. The topological polar surface area (TPSA) is 80.5 Å². The van der Waals surface area contributed by atoms with E-state index in [1.54, 1.807) is 30.3 Å². The summed E-state index contributed by atoms with van der Waals surface area (Å²) in [5.41, 5.74) is 7.77. The molecule has 1 amide bonds. The molecule has 178 valence electrons. The number of hydrogen-bond donors (Lipinski definition) is 2. The first kappa shape index (κ1) is 23.9. The summed E-state index contributed by atoms with van der Waals surface area (Å²) in [4.78, 5) is 18.9. The fourth-order valence-corrected chi connectivity index (χ4v) is 4.03. The number of anilines is 1. The maximum Gasteiger partial charge on any atom is 0.251 e. The van der Waals surface area contributed by atoms with Gasteiger partial charge in [0.25, 0.3) is 5.91 Å². The van der Waals surface area contributed by atoms with Crippen molar-refractivity contribution < 1.29 is 18.3 Å². The molecule has 1 aliphatic heterocycles. The van der Waals surface area contributed by atoms with Gasteiger partial charge in [0.15, 0.2) is 23.1 Å². The summed E-state index contributed by atoms with van der Waals surface area (Å²) in [7, 11) is 0. The molecule has 3 aromatic rings. The molecule has 3 N–H and O–H groups in total. The van der Waals surface area contributed by atoms with Gasteiger partial charge in [0, 0.05) is 23.9 Å². The van der Waals surface area contributed by atoms with Crippen LogP contribution in [0.25, 0.3) is 11.1 Å². The van der Waals surface area contributed by atoms with Crippen LogP contribution in [0.2, 0.25) is 5.02 Å². The lowest BCUT2D eigenvalue weighted by molar-refractivity contribution is 0.0952. The second kappa shape index (κ2) is 10.8. The van der Waals surface area contributed by atoms with Crippen LogP contribution in [0.5, 0.6) is 11.5 Å².